The molecule has 0 amide bonds. The maximum absolute atomic E-state index is 13.1. The number of halogens is 3. The van der Waals surface area contributed by atoms with E-state index in [1.54, 1.807) is 6.07 Å². The van der Waals surface area contributed by atoms with Gasteiger partial charge in [-0.3, -0.25) is 0 Å². The van der Waals surface area contributed by atoms with E-state index in [-0.39, 0.29) is 5.82 Å². The van der Waals surface area contributed by atoms with Crippen LogP contribution in [0.1, 0.15) is 0 Å². The Morgan fingerprint density at radius 1 is 1.55 bits per heavy atom. The van der Waals surface area contributed by atoms with Crippen LogP contribution in [0.2, 0.25) is 0 Å². The third-order valence-corrected chi connectivity index (χ3v) is 3.12. The molecule has 0 saturated heterocycles. The summed E-state index contributed by atoms with van der Waals surface area (Å²) >= 11 is 6.72. The molecule has 0 bridgehead atoms. The molecule has 1 aromatic carbocycles. The van der Waals surface area contributed by atoms with E-state index in [0.717, 1.165) is 3.57 Å². The summed E-state index contributed by atoms with van der Waals surface area (Å²) in [7, 11) is 0. The minimum Gasteiger partial charge on any atom is -0.205 e. The molecule has 0 unspecified atom stereocenters. The summed E-state index contributed by atoms with van der Waals surface area (Å²) in [5.74, 6) is -0.169. The van der Waals surface area contributed by atoms with Gasteiger partial charge in [0.15, 0.2) is 5.82 Å². The Balaban J connectivity index is 3.24. The molecular weight excluding hydrogens is 342 g/mol. The van der Waals surface area contributed by atoms with Crippen molar-refractivity contribution in [2.45, 2.75) is 4.90 Å². The number of thioether (sulfide) groups is 1. The SMILES string of the molecule is CSc1cc(I)cc(Br)c1F. The summed E-state index contributed by atoms with van der Waals surface area (Å²) in [4.78, 5) is 0.684. The Morgan fingerprint density at radius 2 is 2.18 bits per heavy atom. The van der Waals surface area contributed by atoms with Gasteiger partial charge in [-0.2, -0.15) is 0 Å². The summed E-state index contributed by atoms with van der Waals surface area (Å²) in [6, 6.07) is 3.58. The molecule has 0 aromatic heterocycles. The first-order valence-electron chi connectivity index (χ1n) is 2.83. The van der Waals surface area contributed by atoms with Crippen LogP contribution in [0.25, 0.3) is 0 Å². The second-order valence-electron chi connectivity index (χ2n) is 1.90. The maximum Gasteiger partial charge on any atom is 0.150 e. The largest absolute Gasteiger partial charge is 0.205 e. The van der Waals surface area contributed by atoms with E-state index in [9.17, 15) is 4.39 Å². The van der Waals surface area contributed by atoms with E-state index in [1.165, 1.54) is 11.8 Å². The van der Waals surface area contributed by atoms with Gasteiger partial charge in [-0.15, -0.1) is 11.8 Å². The van der Waals surface area contributed by atoms with Gasteiger partial charge in [-0.05, 0) is 56.9 Å². The second kappa shape index (κ2) is 4.09. The van der Waals surface area contributed by atoms with Crippen molar-refractivity contribution in [3.05, 3.63) is 26.0 Å². The molecule has 0 aliphatic rings. The Morgan fingerprint density at radius 3 is 2.73 bits per heavy atom. The molecule has 1 rings (SSSR count). The zero-order valence-corrected chi connectivity index (χ0v) is 10.3. The monoisotopic (exact) mass is 346 g/mol. The Hall–Kier alpha value is 0.710. The topological polar surface area (TPSA) is 0 Å². The molecule has 0 radical (unpaired) electrons. The quantitative estimate of drug-likeness (QED) is 0.422. The van der Waals surface area contributed by atoms with Gasteiger partial charge in [-0.1, -0.05) is 0 Å². The van der Waals surface area contributed by atoms with Gasteiger partial charge in [0, 0.05) is 8.47 Å². The molecule has 0 heterocycles. The van der Waals surface area contributed by atoms with Crippen LogP contribution in [-0.2, 0) is 0 Å². The van der Waals surface area contributed by atoms with E-state index < -0.39 is 0 Å². The zero-order chi connectivity index (χ0) is 8.43. The Labute approximate surface area is 91.2 Å². The third-order valence-electron chi connectivity index (χ3n) is 1.18. The highest BCUT2D eigenvalue weighted by molar-refractivity contribution is 14.1. The minimum absolute atomic E-state index is 0.169. The second-order valence-corrected chi connectivity index (χ2v) is 4.85. The van der Waals surface area contributed by atoms with Crippen molar-refractivity contribution >= 4 is 50.3 Å². The van der Waals surface area contributed by atoms with Crippen molar-refractivity contribution < 1.29 is 4.39 Å². The van der Waals surface area contributed by atoms with Crippen molar-refractivity contribution in [3.63, 3.8) is 0 Å². The molecule has 0 aliphatic carbocycles. The van der Waals surface area contributed by atoms with Gasteiger partial charge in [-0.25, -0.2) is 4.39 Å². The molecule has 0 aliphatic heterocycles. The van der Waals surface area contributed by atoms with E-state index >= 15 is 0 Å². The average Bonchev–Trinajstić information content (AvgIpc) is 1.96. The number of hydrogen-bond donors (Lipinski definition) is 0. The van der Waals surface area contributed by atoms with Crippen LogP contribution in [0.3, 0.4) is 0 Å². The standard InChI is InChI=1S/C7H5BrFIS/c1-11-6-3-4(10)2-5(8)7(6)9/h2-3H,1H3. The van der Waals surface area contributed by atoms with E-state index in [1.807, 2.05) is 12.3 Å². The molecule has 1 aromatic rings. The van der Waals surface area contributed by atoms with Crippen LogP contribution in [0.15, 0.2) is 21.5 Å². The first-order chi connectivity index (χ1) is 5.15. The van der Waals surface area contributed by atoms with E-state index in [2.05, 4.69) is 38.5 Å². The van der Waals surface area contributed by atoms with Crippen molar-refractivity contribution in [3.8, 4) is 0 Å². The summed E-state index contributed by atoms with van der Waals surface area (Å²) in [5.41, 5.74) is 0. The first-order valence-corrected chi connectivity index (χ1v) is 5.93. The fourth-order valence-corrected chi connectivity index (χ4v) is 3.07. The third kappa shape index (κ3) is 2.32. The van der Waals surface area contributed by atoms with Crippen LogP contribution in [-0.4, -0.2) is 6.26 Å². The fraction of sp³-hybridized carbons (Fsp3) is 0.143. The molecule has 4 heteroatoms. The predicted molar refractivity (Wildman–Crippen MR) is 58.6 cm³/mol. The van der Waals surface area contributed by atoms with Crippen LogP contribution < -0.4 is 0 Å². The first kappa shape index (κ1) is 9.80. The molecule has 0 nitrogen and oxygen atoms in total. The smallest absolute Gasteiger partial charge is 0.150 e. The van der Waals surface area contributed by atoms with Crippen molar-refractivity contribution in [2.75, 3.05) is 6.26 Å². The summed E-state index contributed by atoms with van der Waals surface area (Å²) < 4.78 is 14.7. The van der Waals surface area contributed by atoms with Gasteiger partial charge < -0.3 is 0 Å². The van der Waals surface area contributed by atoms with Gasteiger partial charge >= 0.3 is 0 Å². The molecule has 60 valence electrons. The summed E-state index contributed by atoms with van der Waals surface area (Å²) in [6.07, 6.45) is 1.86. The Kier molecular flexibility index (Phi) is 3.64. The highest BCUT2D eigenvalue weighted by atomic mass is 127. The van der Waals surface area contributed by atoms with Gasteiger partial charge in [0.1, 0.15) is 0 Å². The normalized spacial score (nSPS) is 10.2. The lowest BCUT2D eigenvalue weighted by atomic mass is 10.3. The summed E-state index contributed by atoms with van der Waals surface area (Å²) in [6.45, 7) is 0. The van der Waals surface area contributed by atoms with E-state index in [4.69, 9.17) is 0 Å². The zero-order valence-electron chi connectivity index (χ0n) is 5.70. The number of benzene rings is 1. The van der Waals surface area contributed by atoms with Crippen LogP contribution in [0.5, 0.6) is 0 Å². The molecule has 11 heavy (non-hydrogen) atoms. The number of hydrogen-bond acceptors (Lipinski definition) is 1. The van der Waals surface area contributed by atoms with Crippen LogP contribution >= 0.6 is 50.3 Å². The fourth-order valence-electron chi connectivity index (χ4n) is 0.681. The molecule has 0 atom stereocenters. The summed E-state index contributed by atoms with van der Waals surface area (Å²) in [5, 5.41) is 0. The molecule has 0 fully saturated rings. The average molecular weight is 347 g/mol. The lowest BCUT2D eigenvalue weighted by molar-refractivity contribution is 0.594. The highest BCUT2D eigenvalue weighted by Crippen LogP contribution is 2.27. The van der Waals surface area contributed by atoms with Crippen LogP contribution in [0, 0.1) is 9.39 Å². The van der Waals surface area contributed by atoms with Gasteiger partial charge in [0.2, 0.25) is 0 Å². The lowest BCUT2D eigenvalue weighted by Gasteiger charge is -2.01. The molecule has 0 N–H and O–H groups in total. The Bertz CT molecular complexity index is 277. The van der Waals surface area contributed by atoms with Crippen LogP contribution in [0.4, 0.5) is 4.39 Å². The number of rotatable bonds is 1. The van der Waals surface area contributed by atoms with Gasteiger partial charge in [0.25, 0.3) is 0 Å². The van der Waals surface area contributed by atoms with Gasteiger partial charge in [0.05, 0.1) is 4.47 Å². The van der Waals surface area contributed by atoms with Crippen molar-refractivity contribution in [2.24, 2.45) is 0 Å². The molecule has 0 saturated carbocycles. The lowest BCUT2D eigenvalue weighted by Crippen LogP contribution is -1.83. The molecular formula is C7H5BrFIS. The van der Waals surface area contributed by atoms with E-state index in [0.29, 0.717) is 9.37 Å². The van der Waals surface area contributed by atoms with Crippen molar-refractivity contribution in [1.82, 2.24) is 0 Å². The van der Waals surface area contributed by atoms with Crippen molar-refractivity contribution in [1.29, 1.82) is 0 Å². The minimum atomic E-state index is -0.169. The molecule has 0 spiro atoms. The highest BCUT2D eigenvalue weighted by Gasteiger charge is 2.05. The maximum atomic E-state index is 13.1. The predicted octanol–water partition coefficient (Wildman–Crippen LogP) is 3.91.